The largest absolute Gasteiger partial charge is 0.475 e. The maximum atomic E-state index is 10.7. The molecule has 0 bridgehead atoms. The third-order valence-electron chi connectivity index (χ3n) is 3.66. The van der Waals surface area contributed by atoms with Crippen LogP contribution < -0.4 is 5.32 Å². The summed E-state index contributed by atoms with van der Waals surface area (Å²) in [6.45, 7) is 8.00. The normalized spacial score (nSPS) is 21.5. The van der Waals surface area contributed by atoms with Crippen molar-refractivity contribution in [3.63, 3.8) is 0 Å². The highest BCUT2D eigenvalue weighted by Gasteiger charge is 2.44. The number of carboxylic acid groups (broad SMARTS) is 1. The molecular formula is C13H19NO3. The van der Waals surface area contributed by atoms with Gasteiger partial charge >= 0.3 is 5.97 Å². The van der Waals surface area contributed by atoms with Crippen LogP contribution in [0.15, 0.2) is 10.5 Å². The molecule has 0 amide bonds. The van der Waals surface area contributed by atoms with Crippen LogP contribution in [0, 0.1) is 18.3 Å². The molecule has 1 fully saturated rings. The quantitative estimate of drug-likeness (QED) is 0.825. The summed E-state index contributed by atoms with van der Waals surface area (Å²) in [6, 6.07) is 1.60. The Bertz CT molecular complexity index is 434. The van der Waals surface area contributed by atoms with Crippen molar-refractivity contribution >= 4 is 5.97 Å². The van der Waals surface area contributed by atoms with Gasteiger partial charge in [0.25, 0.3) is 0 Å². The van der Waals surface area contributed by atoms with Gasteiger partial charge in [-0.1, -0.05) is 13.8 Å². The third kappa shape index (κ3) is 2.69. The highest BCUT2D eigenvalue weighted by Crippen LogP contribution is 2.50. The first-order chi connectivity index (χ1) is 7.90. The number of hydrogen-bond donors (Lipinski definition) is 2. The molecule has 1 aromatic rings. The average molecular weight is 237 g/mol. The van der Waals surface area contributed by atoms with E-state index in [4.69, 9.17) is 9.52 Å². The molecule has 4 nitrogen and oxygen atoms in total. The van der Waals surface area contributed by atoms with Gasteiger partial charge in [-0.25, -0.2) is 4.79 Å². The lowest BCUT2D eigenvalue weighted by Gasteiger charge is -2.05. The predicted octanol–water partition coefficient (Wildman–Crippen LogP) is 2.42. The van der Waals surface area contributed by atoms with Gasteiger partial charge in [-0.3, -0.25) is 0 Å². The topological polar surface area (TPSA) is 62.5 Å². The number of aromatic carboxylic acids is 1. The molecule has 1 atom stereocenters. The standard InChI is InChI=1S/C13H19NO3/c1-8-9(4-11(17-8)12(15)16)6-14-7-10-5-13(10,2)3/h4,10,14H,5-7H2,1-3H3,(H,15,16). The van der Waals surface area contributed by atoms with Crippen LogP contribution in [0.1, 0.15) is 42.1 Å². The van der Waals surface area contributed by atoms with Gasteiger partial charge in [0.1, 0.15) is 5.76 Å². The van der Waals surface area contributed by atoms with Crippen LogP contribution in [0.25, 0.3) is 0 Å². The van der Waals surface area contributed by atoms with Crippen molar-refractivity contribution in [2.24, 2.45) is 11.3 Å². The van der Waals surface area contributed by atoms with Gasteiger partial charge in [0.2, 0.25) is 5.76 Å². The summed E-state index contributed by atoms with van der Waals surface area (Å²) in [6.07, 6.45) is 1.27. The zero-order valence-electron chi connectivity index (χ0n) is 10.5. The van der Waals surface area contributed by atoms with E-state index in [9.17, 15) is 4.79 Å². The minimum Gasteiger partial charge on any atom is -0.475 e. The fourth-order valence-corrected chi connectivity index (χ4v) is 2.11. The van der Waals surface area contributed by atoms with Crippen molar-refractivity contribution in [3.8, 4) is 0 Å². The summed E-state index contributed by atoms with van der Waals surface area (Å²) < 4.78 is 5.15. The van der Waals surface area contributed by atoms with Gasteiger partial charge in [0, 0.05) is 12.1 Å². The highest BCUT2D eigenvalue weighted by molar-refractivity contribution is 5.84. The van der Waals surface area contributed by atoms with Crippen molar-refractivity contribution in [1.29, 1.82) is 0 Å². The van der Waals surface area contributed by atoms with E-state index in [1.54, 1.807) is 13.0 Å². The number of nitrogens with one attached hydrogen (secondary N) is 1. The molecule has 2 rings (SSSR count). The number of aryl methyl sites for hydroxylation is 1. The minimum absolute atomic E-state index is 0.0195. The predicted molar refractivity (Wildman–Crippen MR) is 64.0 cm³/mol. The molecule has 0 aliphatic heterocycles. The maximum Gasteiger partial charge on any atom is 0.371 e. The number of carbonyl (C=O) groups is 1. The Morgan fingerprint density at radius 3 is 2.76 bits per heavy atom. The van der Waals surface area contributed by atoms with Crippen LogP contribution in [-0.2, 0) is 6.54 Å². The molecule has 0 saturated heterocycles. The first kappa shape index (κ1) is 12.2. The Kier molecular flexibility index (Phi) is 3.00. The molecule has 0 aromatic carbocycles. The van der Waals surface area contributed by atoms with E-state index >= 15 is 0 Å². The molecule has 1 aromatic heterocycles. The van der Waals surface area contributed by atoms with Crippen molar-refractivity contribution < 1.29 is 14.3 Å². The van der Waals surface area contributed by atoms with Crippen LogP contribution in [0.4, 0.5) is 0 Å². The fourth-order valence-electron chi connectivity index (χ4n) is 2.11. The Balaban J connectivity index is 1.85. The first-order valence-electron chi connectivity index (χ1n) is 5.93. The van der Waals surface area contributed by atoms with Crippen LogP contribution >= 0.6 is 0 Å². The zero-order chi connectivity index (χ0) is 12.6. The Labute approximate surface area is 101 Å². The van der Waals surface area contributed by atoms with E-state index < -0.39 is 5.97 Å². The van der Waals surface area contributed by atoms with E-state index in [2.05, 4.69) is 19.2 Å². The summed E-state index contributed by atoms with van der Waals surface area (Å²) in [5, 5.41) is 12.2. The van der Waals surface area contributed by atoms with E-state index in [1.807, 2.05) is 0 Å². The Morgan fingerprint density at radius 1 is 1.65 bits per heavy atom. The van der Waals surface area contributed by atoms with Gasteiger partial charge in [-0.2, -0.15) is 0 Å². The van der Waals surface area contributed by atoms with Gasteiger partial charge in [-0.05, 0) is 37.3 Å². The molecule has 1 heterocycles. The zero-order valence-corrected chi connectivity index (χ0v) is 10.5. The lowest BCUT2D eigenvalue weighted by atomic mass is 10.1. The smallest absolute Gasteiger partial charge is 0.371 e. The number of rotatable bonds is 5. The Morgan fingerprint density at radius 2 is 2.29 bits per heavy atom. The third-order valence-corrected chi connectivity index (χ3v) is 3.66. The van der Waals surface area contributed by atoms with Crippen molar-refractivity contribution in [2.45, 2.75) is 33.7 Å². The van der Waals surface area contributed by atoms with E-state index in [-0.39, 0.29) is 5.76 Å². The molecule has 1 aliphatic carbocycles. The molecule has 94 valence electrons. The second-order valence-electron chi connectivity index (χ2n) is 5.52. The molecule has 4 heteroatoms. The van der Waals surface area contributed by atoms with Crippen LogP contribution in [0.2, 0.25) is 0 Å². The number of carboxylic acids is 1. The summed E-state index contributed by atoms with van der Waals surface area (Å²) in [5.41, 5.74) is 1.41. The average Bonchev–Trinajstić information content (AvgIpc) is 2.66. The molecule has 1 unspecified atom stereocenters. The van der Waals surface area contributed by atoms with Crippen LogP contribution in [-0.4, -0.2) is 17.6 Å². The summed E-state index contributed by atoms with van der Waals surface area (Å²) in [4.78, 5) is 10.7. The Hall–Kier alpha value is -1.29. The first-order valence-corrected chi connectivity index (χ1v) is 5.93. The molecular weight excluding hydrogens is 218 g/mol. The summed E-state index contributed by atoms with van der Waals surface area (Å²) in [7, 11) is 0. The highest BCUT2D eigenvalue weighted by atomic mass is 16.4. The number of hydrogen-bond acceptors (Lipinski definition) is 3. The van der Waals surface area contributed by atoms with E-state index in [0.29, 0.717) is 17.7 Å². The number of furan rings is 1. The van der Waals surface area contributed by atoms with Gasteiger partial charge in [0.15, 0.2) is 0 Å². The molecule has 1 aliphatic rings. The SMILES string of the molecule is Cc1oc(C(=O)O)cc1CNCC1CC1(C)C. The lowest BCUT2D eigenvalue weighted by Crippen LogP contribution is -2.18. The van der Waals surface area contributed by atoms with Crippen molar-refractivity contribution in [2.75, 3.05) is 6.54 Å². The second-order valence-corrected chi connectivity index (χ2v) is 5.52. The lowest BCUT2D eigenvalue weighted by molar-refractivity contribution is 0.0661. The van der Waals surface area contributed by atoms with Gasteiger partial charge < -0.3 is 14.8 Å². The van der Waals surface area contributed by atoms with Gasteiger partial charge in [0.05, 0.1) is 0 Å². The second kappa shape index (κ2) is 4.18. The molecule has 1 saturated carbocycles. The molecule has 17 heavy (non-hydrogen) atoms. The molecule has 0 radical (unpaired) electrons. The van der Waals surface area contributed by atoms with Crippen LogP contribution in [0.5, 0.6) is 0 Å². The van der Waals surface area contributed by atoms with Crippen LogP contribution in [0.3, 0.4) is 0 Å². The fraction of sp³-hybridized carbons (Fsp3) is 0.615. The monoisotopic (exact) mass is 237 g/mol. The molecule has 2 N–H and O–H groups in total. The van der Waals surface area contributed by atoms with E-state index in [0.717, 1.165) is 18.0 Å². The van der Waals surface area contributed by atoms with E-state index in [1.165, 1.54) is 6.42 Å². The maximum absolute atomic E-state index is 10.7. The van der Waals surface area contributed by atoms with Crippen molar-refractivity contribution in [3.05, 3.63) is 23.2 Å². The molecule has 0 spiro atoms. The summed E-state index contributed by atoms with van der Waals surface area (Å²) in [5.74, 6) is 0.437. The van der Waals surface area contributed by atoms with Crippen molar-refractivity contribution in [1.82, 2.24) is 5.32 Å². The minimum atomic E-state index is -1.01. The summed E-state index contributed by atoms with van der Waals surface area (Å²) >= 11 is 0. The van der Waals surface area contributed by atoms with Gasteiger partial charge in [-0.15, -0.1) is 0 Å².